The van der Waals surface area contributed by atoms with Crippen molar-refractivity contribution >= 4 is 75.1 Å². The molecule has 3 rings (SSSR count). The minimum absolute atomic E-state index is 0.130. The van der Waals surface area contributed by atoms with Crippen LogP contribution in [0.15, 0.2) is 65.1 Å². The van der Waals surface area contributed by atoms with Crippen LogP contribution in [0.3, 0.4) is 0 Å². The van der Waals surface area contributed by atoms with Gasteiger partial charge in [0.1, 0.15) is 4.32 Å². The number of halogens is 2. The molecule has 8 heteroatoms. The molecule has 2 aromatic rings. The number of amides is 2. The Morgan fingerprint density at radius 1 is 1.16 bits per heavy atom. The second kappa shape index (κ2) is 11.0. The molecule has 2 aromatic carbocycles. The van der Waals surface area contributed by atoms with Crippen molar-refractivity contribution in [2.75, 3.05) is 11.9 Å². The van der Waals surface area contributed by atoms with Crippen LogP contribution in [0.1, 0.15) is 25.3 Å². The molecule has 2 amide bonds. The number of nitrogens with zero attached hydrogens (tertiary/aromatic N) is 1. The van der Waals surface area contributed by atoms with E-state index in [0.717, 1.165) is 11.1 Å². The highest BCUT2D eigenvalue weighted by atomic mass is 35.5. The fraction of sp³-hybridized carbons (Fsp3) is 0.174. The maximum Gasteiger partial charge on any atom is 0.266 e. The third-order valence-electron chi connectivity index (χ3n) is 4.44. The number of carbonyl (C=O) groups is 2. The van der Waals surface area contributed by atoms with Gasteiger partial charge in [-0.25, -0.2) is 0 Å². The molecule has 0 radical (unpaired) electrons. The third kappa shape index (κ3) is 6.43. The van der Waals surface area contributed by atoms with Gasteiger partial charge in [-0.3, -0.25) is 14.5 Å². The molecule has 0 aliphatic carbocycles. The maximum absolute atomic E-state index is 12.7. The largest absolute Gasteiger partial charge is 0.325 e. The van der Waals surface area contributed by atoms with Crippen LogP contribution in [-0.4, -0.2) is 27.6 Å². The molecule has 160 valence electrons. The van der Waals surface area contributed by atoms with Gasteiger partial charge in [0.25, 0.3) is 5.91 Å². The number of benzene rings is 2. The molecule has 1 heterocycles. The summed E-state index contributed by atoms with van der Waals surface area (Å²) in [5.41, 5.74) is 2.50. The first kappa shape index (κ1) is 23.5. The molecule has 1 aliphatic heterocycles. The van der Waals surface area contributed by atoms with Crippen LogP contribution >= 0.6 is 47.2 Å². The highest BCUT2D eigenvalue weighted by molar-refractivity contribution is 8.26. The van der Waals surface area contributed by atoms with Gasteiger partial charge < -0.3 is 5.32 Å². The number of hydrogen-bond acceptors (Lipinski definition) is 4. The minimum atomic E-state index is -0.202. The normalized spacial score (nSPS) is 15.6. The molecule has 1 saturated heterocycles. The summed E-state index contributed by atoms with van der Waals surface area (Å²) in [6.07, 6.45) is 4.56. The molecule has 0 unspecified atom stereocenters. The van der Waals surface area contributed by atoms with Crippen LogP contribution in [0.25, 0.3) is 6.08 Å². The maximum atomic E-state index is 12.7. The van der Waals surface area contributed by atoms with Crippen molar-refractivity contribution in [3.63, 3.8) is 0 Å². The number of thioether (sulfide) groups is 1. The molecule has 31 heavy (non-hydrogen) atoms. The van der Waals surface area contributed by atoms with Crippen molar-refractivity contribution in [1.29, 1.82) is 0 Å². The van der Waals surface area contributed by atoms with Gasteiger partial charge in [-0.15, -0.1) is 0 Å². The molecule has 0 saturated carbocycles. The first-order valence-electron chi connectivity index (χ1n) is 9.57. The Hall–Kier alpha value is -2.12. The highest BCUT2D eigenvalue weighted by Gasteiger charge is 2.31. The van der Waals surface area contributed by atoms with E-state index in [1.165, 1.54) is 11.8 Å². The van der Waals surface area contributed by atoms with Gasteiger partial charge in [0, 0.05) is 13.0 Å². The van der Waals surface area contributed by atoms with Gasteiger partial charge in [-0.05, 0) is 42.7 Å². The zero-order chi connectivity index (χ0) is 22.4. The van der Waals surface area contributed by atoms with E-state index in [-0.39, 0.29) is 18.2 Å². The van der Waals surface area contributed by atoms with Gasteiger partial charge in [0.05, 0.1) is 20.6 Å². The third-order valence-corrected chi connectivity index (χ3v) is 6.63. The predicted octanol–water partition coefficient (Wildman–Crippen LogP) is 6.56. The lowest BCUT2D eigenvalue weighted by Gasteiger charge is -2.14. The fourth-order valence-corrected chi connectivity index (χ4v) is 4.67. The first-order chi connectivity index (χ1) is 14.8. The van der Waals surface area contributed by atoms with E-state index in [0.29, 0.717) is 37.9 Å². The van der Waals surface area contributed by atoms with Gasteiger partial charge in [0.2, 0.25) is 5.91 Å². The van der Waals surface area contributed by atoms with Crippen LogP contribution in [-0.2, 0) is 9.59 Å². The number of allylic oxidation sites excluding steroid dienone is 2. The summed E-state index contributed by atoms with van der Waals surface area (Å²) in [6, 6.07) is 15.0. The Labute approximate surface area is 201 Å². The average Bonchev–Trinajstić information content (AvgIpc) is 2.99. The lowest BCUT2D eigenvalue weighted by molar-refractivity contribution is -0.122. The van der Waals surface area contributed by atoms with E-state index >= 15 is 0 Å². The van der Waals surface area contributed by atoms with E-state index in [2.05, 4.69) is 5.32 Å². The van der Waals surface area contributed by atoms with Crippen molar-refractivity contribution in [3.05, 3.63) is 80.7 Å². The summed E-state index contributed by atoms with van der Waals surface area (Å²) in [6.45, 7) is 2.32. The summed E-state index contributed by atoms with van der Waals surface area (Å²) in [5.74, 6) is -0.333. The SMILES string of the molecule is CC(=Cc1ccccc1)C=C1SC(=S)N(CCCC(=O)Nc2cccc(Cl)c2Cl)C1=O. The lowest BCUT2D eigenvalue weighted by Crippen LogP contribution is -2.29. The second-order valence-electron chi connectivity index (χ2n) is 6.89. The van der Waals surface area contributed by atoms with Crippen LogP contribution in [0.4, 0.5) is 5.69 Å². The molecular weight excluding hydrogens is 471 g/mol. The molecular formula is C23H20Cl2N2O2S2. The van der Waals surface area contributed by atoms with E-state index in [1.807, 2.05) is 49.4 Å². The highest BCUT2D eigenvalue weighted by Crippen LogP contribution is 2.32. The average molecular weight is 491 g/mol. The number of thiocarbonyl (C=S) groups is 1. The molecule has 1 fully saturated rings. The van der Waals surface area contributed by atoms with Gasteiger partial charge in [0.15, 0.2) is 0 Å². The van der Waals surface area contributed by atoms with E-state index in [1.54, 1.807) is 23.1 Å². The fourth-order valence-electron chi connectivity index (χ4n) is 2.96. The topological polar surface area (TPSA) is 49.4 Å². The van der Waals surface area contributed by atoms with Gasteiger partial charge >= 0.3 is 0 Å². The molecule has 1 aliphatic rings. The summed E-state index contributed by atoms with van der Waals surface area (Å²) >= 11 is 18.7. The standard InChI is InChI=1S/C23H20Cl2N2O2S2/c1-15(13-16-7-3-2-4-8-16)14-19-22(29)27(23(30)31-19)12-6-11-20(28)26-18-10-5-9-17(24)21(18)25/h2-5,7-10,13-14H,6,11-12H2,1H3,(H,26,28). The van der Waals surface area contributed by atoms with E-state index in [4.69, 9.17) is 35.4 Å². The van der Waals surface area contributed by atoms with Gasteiger partial charge in [-0.2, -0.15) is 0 Å². The molecule has 4 nitrogen and oxygen atoms in total. The Kier molecular flexibility index (Phi) is 8.32. The molecule has 0 atom stereocenters. The predicted molar refractivity (Wildman–Crippen MR) is 134 cm³/mol. The van der Waals surface area contributed by atoms with E-state index < -0.39 is 0 Å². The van der Waals surface area contributed by atoms with Crippen LogP contribution in [0, 0.1) is 0 Å². The number of carbonyl (C=O) groups excluding carboxylic acids is 2. The summed E-state index contributed by atoms with van der Waals surface area (Å²) in [7, 11) is 0. The molecule has 1 N–H and O–H groups in total. The van der Waals surface area contributed by atoms with Crippen LogP contribution in [0.2, 0.25) is 10.0 Å². The quantitative estimate of drug-likeness (QED) is 0.352. The smallest absolute Gasteiger partial charge is 0.266 e. The van der Waals surface area contributed by atoms with Crippen LogP contribution < -0.4 is 5.32 Å². The lowest BCUT2D eigenvalue weighted by atomic mass is 10.1. The van der Waals surface area contributed by atoms with Gasteiger partial charge in [-0.1, -0.05) is 89.7 Å². The van der Waals surface area contributed by atoms with Crippen LogP contribution in [0.5, 0.6) is 0 Å². The molecule has 0 bridgehead atoms. The Balaban J connectivity index is 1.55. The Morgan fingerprint density at radius 3 is 2.65 bits per heavy atom. The number of anilines is 1. The number of nitrogens with one attached hydrogen (secondary N) is 1. The summed E-state index contributed by atoms with van der Waals surface area (Å²) in [5, 5.41) is 3.42. The summed E-state index contributed by atoms with van der Waals surface area (Å²) < 4.78 is 0.502. The van der Waals surface area contributed by atoms with Crippen molar-refractivity contribution in [1.82, 2.24) is 4.90 Å². The second-order valence-corrected chi connectivity index (χ2v) is 9.35. The minimum Gasteiger partial charge on any atom is -0.325 e. The molecule has 0 spiro atoms. The van der Waals surface area contributed by atoms with E-state index in [9.17, 15) is 9.59 Å². The summed E-state index contributed by atoms with van der Waals surface area (Å²) in [4.78, 5) is 27.1. The van der Waals surface area contributed by atoms with Crippen molar-refractivity contribution in [2.45, 2.75) is 19.8 Å². The van der Waals surface area contributed by atoms with Crippen molar-refractivity contribution in [3.8, 4) is 0 Å². The zero-order valence-corrected chi connectivity index (χ0v) is 19.9. The van der Waals surface area contributed by atoms with Crippen molar-refractivity contribution < 1.29 is 9.59 Å². The molecule has 0 aromatic heterocycles. The van der Waals surface area contributed by atoms with Crippen molar-refractivity contribution in [2.24, 2.45) is 0 Å². The first-order valence-corrected chi connectivity index (χ1v) is 11.6. The monoisotopic (exact) mass is 490 g/mol. The number of rotatable bonds is 7. The Morgan fingerprint density at radius 2 is 1.90 bits per heavy atom. The Bertz CT molecular complexity index is 1070. The zero-order valence-electron chi connectivity index (χ0n) is 16.7. The number of hydrogen-bond donors (Lipinski definition) is 1.